The standard InChI is InChI=1S/C15H21N3O/c1-13(2)11-18(10-6-9-16)12-15(19)17-14-7-4-3-5-8-14/h3-5,7-8,13H,6,10-12H2,1-2H3,(H,17,19). The van der Waals surface area contributed by atoms with Crippen molar-refractivity contribution in [1.29, 1.82) is 5.26 Å². The first kappa shape index (κ1) is 15.2. The van der Waals surface area contributed by atoms with Gasteiger partial charge in [-0.15, -0.1) is 0 Å². The number of amides is 1. The Labute approximate surface area is 115 Å². The van der Waals surface area contributed by atoms with Crippen LogP contribution in [0.3, 0.4) is 0 Å². The highest BCUT2D eigenvalue weighted by Gasteiger charge is 2.12. The van der Waals surface area contributed by atoms with Crippen LogP contribution in [-0.4, -0.2) is 30.4 Å². The number of nitrogens with zero attached hydrogens (tertiary/aromatic N) is 2. The van der Waals surface area contributed by atoms with E-state index in [1.807, 2.05) is 35.2 Å². The molecule has 0 unspecified atom stereocenters. The van der Waals surface area contributed by atoms with Crippen LogP contribution in [0.5, 0.6) is 0 Å². The van der Waals surface area contributed by atoms with E-state index in [1.54, 1.807) is 0 Å². The molecule has 1 aromatic carbocycles. The number of anilines is 1. The Hall–Kier alpha value is -1.86. The summed E-state index contributed by atoms with van der Waals surface area (Å²) >= 11 is 0. The topological polar surface area (TPSA) is 56.1 Å². The van der Waals surface area contributed by atoms with E-state index in [1.165, 1.54) is 0 Å². The number of nitriles is 1. The third-order valence-corrected chi connectivity index (χ3v) is 2.59. The fraction of sp³-hybridized carbons (Fsp3) is 0.467. The van der Waals surface area contributed by atoms with Crippen molar-refractivity contribution in [3.05, 3.63) is 30.3 Å². The fourth-order valence-corrected chi connectivity index (χ4v) is 1.88. The van der Waals surface area contributed by atoms with Gasteiger partial charge in [0.1, 0.15) is 0 Å². The molecule has 4 heteroatoms. The maximum absolute atomic E-state index is 11.9. The molecule has 102 valence electrons. The SMILES string of the molecule is CC(C)CN(CCC#N)CC(=O)Nc1ccccc1. The Kier molecular flexibility index (Phi) is 6.62. The van der Waals surface area contributed by atoms with E-state index in [2.05, 4.69) is 25.2 Å². The zero-order valence-electron chi connectivity index (χ0n) is 11.6. The molecule has 4 nitrogen and oxygen atoms in total. The highest BCUT2D eigenvalue weighted by Crippen LogP contribution is 2.06. The van der Waals surface area contributed by atoms with Crippen LogP contribution >= 0.6 is 0 Å². The molecular weight excluding hydrogens is 238 g/mol. The van der Waals surface area contributed by atoms with E-state index in [0.29, 0.717) is 25.4 Å². The molecule has 0 aliphatic heterocycles. The van der Waals surface area contributed by atoms with E-state index in [0.717, 1.165) is 12.2 Å². The molecule has 0 saturated heterocycles. The lowest BCUT2D eigenvalue weighted by Crippen LogP contribution is -2.36. The average Bonchev–Trinajstić information content (AvgIpc) is 2.36. The molecule has 19 heavy (non-hydrogen) atoms. The summed E-state index contributed by atoms with van der Waals surface area (Å²) < 4.78 is 0. The van der Waals surface area contributed by atoms with Gasteiger partial charge < -0.3 is 5.32 Å². The Balaban J connectivity index is 2.48. The third kappa shape index (κ3) is 6.58. The summed E-state index contributed by atoms with van der Waals surface area (Å²) in [7, 11) is 0. The number of nitrogens with one attached hydrogen (secondary N) is 1. The Morgan fingerprint density at radius 2 is 2.05 bits per heavy atom. The van der Waals surface area contributed by atoms with Gasteiger partial charge in [-0.1, -0.05) is 32.0 Å². The van der Waals surface area contributed by atoms with Crippen molar-refractivity contribution in [2.75, 3.05) is 25.0 Å². The van der Waals surface area contributed by atoms with E-state index in [9.17, 15) is 4.79 Å². The molecule has 1 N–H and O–H groups in total. The van der Waals surface area contributed by atoms with Crippen LogP contribution in [-0.2, 0) is 4.79 Å². The normalized spacial score (nSPS) is 10.5. The second-order valence-corrected chi connectivity index (χ2v) is 4.95. The number of hydrogen-bond donors (Lipinski definition) is 1. The van der Waals surface area contributed by atoms with Crippen molar-refractivity contribution in [2.45, 2.75) is 20.3 Å². The maximum atomic E-state index is 11.9. The van der Waals surface area contributed by atoms with Crippen molar-refractivity contribution < 1.29 is 4.79 Å². The summed E-state index contributed by atoms with van der Waals surface area (Å²) in [6.45, 7) is 6.00. The van der Waals surface area contributed by atoms with Crippen LogP contribution in [0.1, 0.15) is 20.3 Å². The first-order chi connectivity index (χ1) is 9.11. The lowest BCUT2D eigenvalue weighted by Gasteiger charge is -2.22. The second-order valence-electron chi connectivity index (χ2n) is 4.95. The van der Waals surface area contributed by atoms with Gasteiger partial charge in [-0.3, -0.25) is 9.69 Å². The summed E-state index contributed by atoms with van der Waals surface area (Å²) in [5, 5.41) is 11.5. The van der Waals surface area contributed by atoms with Crippen LogP contribution in [0.4, 0.5) is 5.69 Å². The molecule has 0 aromatic heterocycles. The number of hydrogen-bond acceptors (Lipinski definition) is 3. The van der Waals surface area contributed by atoms with Gasteiger partial charge in [-0.25, -0.2) is 0 Å². The molecule has 0 atom stereocenters. The Bertz CT molecular complexity index is 423. The predicted molar refractivity (Wildman–Crippen MR) is 76.6 cm³/mol. The van der Waals surface area contributed by atoms with Crippen LogP contribution in [0.15, 0.2) is 30.3 Å². The Morgan fingerprint density at radius 3 is 2.63 bits per heavy atom. The van der Waals surface area contributed by atoms with E-state index >= 15 is 0 Å². The minimum Gasteiger partial charge on any atom is -0.325 e. The largest absolute Gasteiger partial charge is 0.325 e. The molecule has 0 radical (unpaired) electrons. The lowest BCUT2D eigenvalue weighted by molar-refractivity contribution is -0.117. The summed E-state index contributed by atoms with van der Waals surface area (Å²) in [4.78, 5) is 14.0. The van der Waals surface area contributed by atoms with Crippen LogP contribution in [0, 0.1) is 17.2 Å². The summed E-state index contributed by atoms with van der Waals surface area (Å²) in [6, 6.07) is 11.5. The van der Waals surface area contributed by atoms with Crippen molar-refractivity contribution in [3.8, 4) is 6.07 Å². The minimum atomic E-state index is -0.0372. The average molecular weight is 259 g/mol. The zero-order valence-corrected chi connectivity index (χ0v) is 11.6. The summed E-state index contributed by atoms with van der Waals surface area (Å²) in [5.41, 5.74) is 0.803. The van der Waals surface area contributed by atoms with E-state index in [4.69, 9.17) is 5.26 Å². The first-order valence-corrected chi connectivity index (χ1v) is 6.56. The molecule has 0 aliphatic carbocycles. The Morgan fingerprint density at radius 1 is 1.37 bits per heavy atom. The molecular formula is C15H21N3O. The van der Waals surface area contributed by atoms with Crippen molar-refractivity contribution in [3.63, 3.8) is 0 Å². The van der Waals surface area contributed by atoms with Gasteiger partial charge in [-0.05, 0) is 18.1 Å². The molecule has 0 aliphatic rings. The van der Waals surface area contributed by atoms with Crippen molar-refractivity contribution >= 4 is 11.6 Å². The highest BCUT2D eigenvalue weighted by atomic mass is 16.2. The third-order valence-electron chi connectivity index (χ3n) is 2.59. The van der Waals surface area contributed by atoms with Gasteiger partial charge in [0.05, 0.1) is 12.6 Å². The lowest BCUT2D eigenvalue weighted by atomic mass is 10.2. The fourth-order valence-electron chi connectivity index (χ4n) is 1.88. The number of rotatable bonds is 7. The highest BCUT2D eigenvalue weighted by molar-refractivity contribution is 5.92. The maximum Gasteiger partial charge on any atom is 0.238 e. The molecule has 1 aromatic rings. The van der Waals surface area contributed by atoms with Gasteiger partial charge in [0, 0.05) is 25.2 Å². The number of carbonyl (C=O) groups is 1. The predicted octanol–water partition coefficient (Wildman–Crippen LogP) is 2.50. The molecule has 0 bridgehead atoms. The summed E-state index contributed by atoms with van der Waals surface area (Å²) in [5.74, 6) is 0.438. The van der Waals surface area contributed by atoms with Gasteiger partial charge in [0.25, 0.3) is 0 Å². The smallest absolute Gasteiger partial charge is 0.238 e. The summed E-state index contributed by atoms with van der Waals surface area (Å²) in [6.07, 6.45) is 0.450. The molecule has 0 fully saturated rings. The molecule has 1 amide bonds. The van der Waals surface area contributed by atoms with Gasteiger partial charge in [-0.2, -0.15) is 5.26 Å². The molecule has 0 heterocycles. The zero-order chi connectivity index (χ0) is 14.1. The monoisotopic (exact) mass is 259 g/mol. The van der Waals surface area contributed by atoms with E-state index < -0.39 is 0 Å². The van der Waals surface area contributed by atoms with Crippen LogP contribution in [0.25, 0.3) is 0 Å². The quantitative estimate of drug-likeness (QED) is 0.818. The number of carbonyl (C=O) groups excluding carboxylic acids is 1. The molecule has 0 saturated carbocycles. The second kappa shape index (κ2) is 8.28. The minimum absolute atomic E-state index is 0.0372. The van der Waals surface area contributed by atoms with Crippen LogP contribution < -0.4 is 5.32 Å². The molecule has 1 rings (SSSR count). The van der Waals surface area contributed by atoms with E-state index in [-0.39, 0.29) is 5.91 Å². The van der Waals surface area contributed by atoms with Crippen LogP contribution in [0.2, 0.25) is 0 Å². The number of para-hydroxylation sites is 1. The first-order valence-electron chi connectivity index (χ1n) is 6.56. The van der Waals surface area contributed by atoms with Gasteiger partial charge >= 0.3 is 0 Å². The molecule has 0 spiro atoms. The van der Waals surface area contributed by atoms with Gasteiger partial charge in [0.2, 0.25) is 5.91 Å². The van der Waals surface area contributed by atoms with Crippen molar-refractivity contribution in [1.82, 2.24) is 4.90 Å². The van der Waals surface area contributed by atoms with Gasteiger partial charge in [0.15, 0.2) is 0 Å². The number of benzene rings is 1. The van der Waals surface area contributed by atoms with Crippen molar-refractivity contribution in [2.24, 2.45) is 5.92 Å².